The number of pyridine rings is 1. The fourth-order valence-electron chi connectivity index (χ4n) is 3.22. The number of nitrogens with zero attached hydrogens (tertiary/aromatic N) is 2. The Morgan fingerprint density at radius 1 is 1.36 bits per heavy atom. The summed E-state index contributed by atoms with van der Waals surface area (Å²) in [5.41, 5.74) is 1.98. The van der Waals surface area contributed by atoms with Crippen molar-refractivity contribution >= 4 is 23.3 Å². The van der Waals surface area contributed by atoms with Gasteiger partial charge in [-0.05, 0) is 42.9 Å². The summed E-state index contributed by atoms with van der Waals surface area (Å²) in [5.74, 6) is 0. The van der Waals surface area contributed by atoms with E-state index in [0.29, 0.717) is 23.3 Å². The highest BCUT2D eigenvalue weighted by Crippen LogP contribution is 2.28. The summed E-state index contributed by atoms with van der Waals surface area (Å²) < 4.78 is 40.2. The molecule has 0 bridgehead atoms. The van der Waals surface area contributed by atoms with Gasteiger partial charge in [-0.3, -0.25) is 14.8 Å². The molecule has 0 unspecified atom stereocenters. The molecule has 3 aromatic heterocycles. The smallest absolute Gasteiger partial charge is 0.355 e. The predicted octanol–water partition coefficient (Wildman–Crippen LogP) is 3.82. The number of hydrogen-bond donors (Lipinski definition) is 3. The molecule has 1 atom stereocenters. The Kier molecular flexibility index (Phi) is 5.99. The van der Waals surface area contributed by atoms with Gasteiger partial charge in [-0.15, -0.1) is 0 Å². The topological polar surface area (TPSA) is 78.5 Å². The van der Waals surface area contributed by atoms with Gasteiger partial charge in [0.25, 0.3) is 5.56 Å². The molecule has 0 radical (unpaired) electrons. The number of halogens is 3. The highest BCUT2D eigenvalue weighted by Gasteiger charge is 2.29. The summed E-state index contributed by atoms with van der Waals surface area (Å²) >= 11 is 5.30. The monoisotopic (exact) mass is 411 g/mol. The summed E-state index contributed by atoms with van der Waals surface area (Å²) in [4.78, 5) is 21.8. The van der Waals surface area contributed by atoms with Crippen LogP contribution in [0.5, 0.6) is 0 Å². The van der Waals surface area contributed by atoms with Gasteiger partial charge in [-0.1, -0.05) is 13.0 Å². The van der Waals surface area contributed by atoms with Crippen LogP contribution in [0.2, 0.25) is 0 Å². The highest BCUT2D eigenvalue weighted by atomic mass is 32.1. The van der Waals surface area contributed by atoms with Gasteiger partial charge in [0.15, 0.2) is 4.77 Å². The van der Waals surface area contributed by atoms with E-state index in [-0.39, 0.29) is 23.3 Å². The Morgan fingerprint density at radius 3 is 2.86 bits per heavy atom. The number of H-pyrrole nitrogens is 2. The molecular formula is C18H20F3N5OS. The molecule has 6 nitrogen and oxygen atoms in total. The Morgan fingerprint density at radius 2 is 2.14 bits per heavy atom. The lowest BCUT2D eigenvalue weighted by molar-refractivity contribution is -0.136. The largest absolute Gasteiger partial charge is 0.389 e. The third-order valence-corrected chi connectivity index (χ3v) is 4.78. The fraction of sp³-hybridized carbons (Fsp3) is 0.389. The molecule has 3 aromatic rings. The van der Waals surface area contributed by atoms with Crippen LogP contribution in [0.15, 0.2) is 35.4 Å². The van der Waals surface area contributed by atoms with Gasteiger partial charge in [-0.25, -0.2) is 0 Å². The van der Waals surface area contributed by atoms with Crippen LogP contribution in [0.1, 0.15) is 37.1 Å². The Bertz CT molecular complexity index is 1070. The minimum Gasteiger partial charge on any atom is -0.355 e. The molecule has 0 aliphatic carbocycles. The van der Waals surface area contributed by atoms with E-state index in [1.54, 1.807) is 29.1 Å². The van der Waals surface area contributed by atoms with Crippen LogP contribution in [0, 0.1) is 4.77 Å². The van der Waals surface area contributed by atoms with Crippen molar-refractivity contribution in [2.45, 2.75) is 38.5 Å². The zero-order valence-electron chi connectivity index (χ0n) is 15.1. The first-order chi connectivity index (χ1) is 13.3. The second kappa shape index (κ2) is 8.27. The number of hydrogen-bond acceptors (Lipinski definition) is 4. The van der Waals surface area contributed by atoms with Crippen molar-refractivity contribution in [3.63, 3.8) is 0 Å². The van der Waals surface area contributed by atoms with Gasteiger partial charge >= 0.3 is 6.18 Å². The summed E-state index contributed by atoms with van der Waals surface area (Å²) in [6.07, 6.45) is -2.05. The normalized spacial score (nSPS) is 13.1. The van der Waals surface area contributed by atoms with Crippen molar-refractivity contribution in [1.82, 2.24) is 24.8 Å². The molecule has 3 N–H and O–H groups in total. The Balaban J connectivity index is 2.00. The van der Waals surface area contributed by atoms with Crippen molar-refractivity contribution in [1.29, 1.82) is 0 Å². The van der Waals surface area contributed by atoms with Crippen molar-refractivity contribution in [3.8, 4) is 0 Å². The fourth-order valence-corrected chi connectivity index (χ4v) is 3.48. The standard InChI is InChI=1S/C18H20F3N5OS/c1-2-22-12(5-7-18(19,20)21)14-11(4-3-8-23-14)10-26-13-6-9-24-15(13)16(27)25-17(26)28/h3-4,6,8-9,12,22,24H,2,5,7,10H2,1H3,(H,25,27,28)/t12-/m1/s1. The second-order valence-electron chi connectivity index (χ2n) is 6.40. The number of fused-ring (bicyclic) bond motifs is 1. The average molecular weight is 411 g/mol. The van der Waals surface area contributed by atoms with Gasteiger partial charge in [0, 0.05) is 18.8 Å². The number of nitrogens with one attached hydrogen (secondary N) is 3. The lowest BCUT2D eigenvalue weighted by Gasteiger charge is -2.21. The summed E-state index contributed by atoms with van der Waals surface area (Å²) in [5, 5.41) is 3.09. The van der Waals surface area contributed by atoms with Crippen LogP contribution >= 0.6 is 12.2 Å². The Labute approximate surface area is 163 Å². The first-order valence-electron chi connectivity index (χ1n) is 8.84. The molecule has 28 heavy (non-hydrogen) atoms. The lowest BCUT2D eigenvalue weighted by Crippen LogP contribution is -2.25. The van der Waals surface area contributed by atoms with Crippen LogP contribution in [0.25, 0.3) is 11.0 Å². The van der Waals surface area contributed by atoms with E-state index in [4.69, 9.17) is 12.2 Å². The maximum Gasteiger partial charge on any atom is 0.389 e. The minimum absolute atomic E-state index is 0.113. The minimum atomic E-state index is -4.23. The molecule has 0 spiro atoms. The van der Waals surface area contributed by atoms with E-state index in [1.807, 2.05) is 13.0 Å². The molecule has 150 valence electrons. The van der Waals surface area contributed by atoms with Gasteiger partial charge in [0.1, 0.15) is 5.52 Å². The number of aromatic nitrogens is 4. The summed E-state index contributed by atoms with van der Waals surface area (Å²) in [6, 6.07) is 4.74. The molecule has 0 amide bonds. The van der Waals surface area contributed by atoms with Crippen molar-refractivity contribution in [3.05, 3.63) is 57.0 Å². The predicted molar refractivity (Wildman–Crippen MR) is 103 cm³/mol. The van der Waals surface area contributed by atoms with E-state index < -0.39 is 18.6 Å². The first-order valence-corrected chi connectivity index (χ1v) is 9.25. The van der Waals surface area contributed by atoms with E-state index >= 15 is 0 Å². The van der Waals surface area contributed by atoms with E-state index in [1.165, 1.54) is 0 Å². The quantitative estimate of drug-likeness (QED) is 0.517. The van der Waals surface area contributed by atoms with E-state index in [0.717, 1.165) is 5.56 Å². The average Bonchev–Trinajstić information content (AvgIpc) is 3.12. The van der Waals surface area contributed by atoms with Gasteiger partial charge in [0.05, 0.1) is 23.8 Å². The lowest BCUT2D eigenvalue weighted by atomic mass is 10.0. The molecule has 0 saturated carbocycles. The third-order valence-electron chi connectivity index (χ3n) is 4.46. The van der Waals surface area contributed by atoms with Gasteiger partial charge in [0.2, 0.25) is 0 Å². The molecule has 10 heteroatoms. The molecule has 0 aliphatic rings. The zero-order valence-corrected chi connectivity index (χ0v) is 16.0. The van der Waals surface area contributed by atoms with Gasteiger partial charge < -0.3 is 14.9 Å². The van der Waals surface area contributed by atoms with Crippen molar-refractivity contribution < 1.29 is 13.2 Å². The number of alkyl halides is 3. The van der Waals surface area contributed by atoms with Crippen LogP contribution < -0.4 is 10.9 Å². The second-order valence-corrected chi connectivity index (χ2v) is 6.78. The molecule has 0 saturated heterocycles. The first kappa shape index (κ1) is 20.3. The number of aromatic amines is 2. The maximum absolute atomic E-state index is 12.7. The molecule has 0 fully saturated rings. The van der Waals surface area contributed by atoms with Crippen molar-refractivity contribution in [2.24, 2.45) is 0 Å². The molecule has 3 heterocycles. The van der Waals surface area contributed by atoms with Crippen LogP contribution in [-0.4, -0.2) is 32.2 Å². The van der Waals surface area contributed by atoms with Crippen LogP contribution in [0.4, 0.5) is 13.2 Å². The molecule has 0 aliphatic heterocycles. The molecule has 3 rings (SSSR count). The summed E-state index contributed by atoms with van der Waals surface area (Å²) in [6.45, 7) is 2.63. The van der Waals surface area contributed by atoms with Gasteiger partial charge in [-0.2, -0.15) is 13.2 Å². The maximum atomic E-state index is 12.7. The Hall–Kier alpha value is -2.46. The molecule has 0 aromatic carbocycles. The zero-order chi connectivity index (χ0) is 20.3. The SMILES string of the molecule is CCN[C@H](CCC(F)(F)F)c1ncccc1Cn1c(=S)[nH]c(=O)c2[nH]ccc21. The van der Waals surface area contributed by atoms with Crippen molar-refractivity contribution in [2.75, 3.05) is 6.54 Å². The van der Waals surface area contributed by atoms with Crippen LogP contribution in [0.3, 0.4) is 0 Å². The highest BCUT2D eigenvalue weighted by molar-refractivity contribution is 7.71. The summed E-state index contributed by atoms with van der Waals surface area (Å²) in [7, 11) is 0. The molecular weight excluding hydrogens is 391 g/mol. The van der Waals surface area contributed by atoms with E-state index in [2.05, 4.69) is 20.3 Å². The van der Waals surface area contributed by atoms with Crippen LogP contribution in [-0.2, 0) is 6.54 Å². The third kappa shape index (κ3) is 4.50. The van der Waals surface area contributed by atoms with E-state index in [9.17, 15) is 18.0 Å². The number of rotatable bonds is 7.